The summed E-state index contributed by atoms with van der Waals surface area (Å²) in [4.78, 5) is 46.7. The van der Waals surface area contributed by atoms with Gasteiger partial charge in [0.1, 0.15) is 12.1 Å². The number of likely N-dealkylation sites (N-methyl/N-ethyl adjacent to an activating group) is 1. The van der Waals surface area contributed by atoms with Gasteiger partial charge in [0.05, 0.1) is 17.9 Å². The number of halogens is 3. The molecule has 8 nitrogen and oxygen atoms in total. The molecule has 2 aliphatic heterocycles. The molecule has 2 aliphatic rings. The SMILES string of the molecule is CN(Cc1ccccc1)C(=O)CN1CN(c2ccccc2)C2(CCN(C(=O)Nc3ccccc3C(F)(F)F)CC2)C1=O. The summed E-state index contributed by atoms with van der Waals surface area (Å²) in [7, 11) is 1.70. The number of hydrogen-bond donors (Lipinski definition) is 1. The lowest BCUT2D eigenvalue weighted by Gasteiger charge is -2.43. The Labute approximate surface area is 242 Å². The number of piperidine rings is 1. The number of para-hydroxylation sites is 2. The molecule has 1 spiro atoms. The van der Waals surface area contributed by atoms with Crippen molar-refractivity contribution in [3.8, 4) is 0 Å². The Morgan fingerprint density at radius 1 is 0.905 bits per heavy atom. The number of carbonyl (C=O) groups is 3. The van der Waals surface area contributed by atoms with Gasteiger partial charge in [-0.2, -0.15) is 13.2 Å². The van der Waals surface area contributed by atoms with E-state index in [2.05, 4.69) is 5.32 Å². The third kappa shape index (κ3) is 5.90. The maximum Gasteiger partial charge on any atom is 0.418 e. The minimum absolute atomic E-state index is 0.0916. The highest BCUT2D eigenvalue weighted by Crippen LogP contribution is 2.40. The fraction of sp³-hybridized carbons (Fsp3) is 0.323. The van der Waals surface area contributed by atoms with Crippen LogP contribution in [0.15, 0.2) is 84.9 Å². The van der Waals surface area contributed by atoms with E-state index in [0.29, 0.717) is 6.54 Å². The first kappa shape index (κ1) is 29.0. The van der Waals surface area contributed by atoms with E-state index in [1.54, 1.807) is 16.8 Å². The molecule has 42 heavy (non-hydrogen) atoms. The third-order valence-electron chi connectivity index (χ3n) is 7.95. The van der Waals surface area contributed by atoms with Crippen LogP contribution in [0.25, 0.3) is 0 Å². The zero-order valence-electron chi connectivity index (χ0n) is 23.2. The van der Waals surface area contributed by atoms with Crippen molar-refractivity contribution in [2.24, 2.45) is 0 Å². The second-order valence-electron chi connectivity index (χ2n) is 10.6. The van der Waals surface area contributed by atoms with Gasteiger partial charge in [-0.3, -0.25) is 9.59 Å². The van der Waals surface area contributed by atoms with Gasteiger partial charge in [-0.25, -0.2) is 4.79 Å². The molecular formula is C31H32F3N5O3. The van der Waals surface area contributed by atoms with Crippen LogP contribution < -0.4 is 10.2 Å². The Morgan fingerprint density at radius 3 is 2.14 bits per heavy atom. The van der Waals surface area contributed by atoms with E-state index in [4.69, 9.17) is 0 Å². The van der Waals surface area contributed by atoms with Crippen LogP contribution in [0.3, 0.4) is 0 Å². The van der Waals surface area contributed by atoms with Crippen LogP contribution in [0.4, 0.5) is 29.3 Å². The van der Waals surface area contributed by atoms with Gasteiger partial charge in [-0.15, -0.1) is 0 Å². The molecule has 220 valence electrons. The molecule has 1 N–H and O–H groups in total. The quantitative estimate of drug-likeness (QED) is 0.444. The molecule has 2 heterocycles. The number of anilines is 2. The van der Waals surface area contributed by atoms with Gasteiger partial charge in [0.25, 0.3) is 5.91 Å². The standard InChI is InChI=1S/C31H32F3N5O3/c1-36(20-23-10-4-2-5-11-23)27(40)21-38-22-39(24-12-6-3-7-13-24)30(28(38)41)16-18-37(19-17-30)29(42)35-26-15-9-8-14-25(26)31(32,33)34/h2-15H,16-22H2,1H3,(H,35,42). The van der Waals surface area contributed by atoms with Gasteiger partial charge in [-0.1, -0.05) is 60.7 Å². The lowest BCUT2D eigenvalue weighted by molar-refractivity contribution is -0.140. The van der Waals surface area contributed by atoms with Gasteiger partial charge in [-0.05, 0) is 42.7 Å². The number of nitrogens with one attached hydrogen (secondary N) is 1. The Hall–Kier alpha value is -4.54. The molecule has 0 radical (unpaired) electrons. The van der Waals surface area contributed by atoms with E-state index in [1.807, 2.05) is 65.6 Å². The smallest absolute Gasteiger partial charge is 0.340 e. The molecule has 3 aromatic carbocycles. The van der Waals surface area contributed by atoms with Crippen molar-refractivity contribution in [2.45, 2.75) is 31.1 Å². The number of likely N-dealkylation sites (tertiary alicyclic amines) is 1. The monoisotopic (exact) mass is 579 g/mol. The molecule has 11 heteroatoms. The molecule has 4 amide bonds. The molecule has 0 aromatic heterocycles. The van der Waals surface area contributed by atoms with Crippen LogP contribution in [0.2, 0.25) is 0 Å². The average Bonchev–Trinajstić information content (AvgIpc) is 3.24. The zero-order valence-corrected chi connectivity index (χ0v) is 23.2. The van der Waals surface area contributed by atoms with Gasteiger partial charge in [0.15, 0.2) is 0 Å². The normalized spacial score (nSPS) is 16.6. The van der Waals surface area contributed by atoms with Crippen molar-refractivity contribution >= 4 is 29.2 Å². The summed E-state index contributed by atoms with van der Waals surface area (Å²) in [6, 6.07) is 23.2. The van der Waals surface area contributed by atoms with E-state index < -0.39 is 23.3 Å². The van der Waals surface area contributed by atoms with Crippen molar-refractivity contribution in [1.82, 2.24) is 14.7 Å². The highest BCUT2D eigenvalue weighted by atomic mass is 19.4. The summed E-state index contributed by atoms with van der Waals surface area (Å²) < 4.78 is 40.3. The third-order valence-corrected chi connectivity index (χ3v) is 7.95. The van der Waals surface area contributed by atoms with Crippen molar-refractivity contribution in [1.29, 1.82) is 0 Å². The summed E-state index contributed by atoms with van der Waals surface area (Å²) >= 11 is 0. The molecule has 0 bridgehead atoms. The maximum atomic E-state index is 14.0. The van der Waals surface area contributed by atoms with Gasteiger partial charge >= 0.3 is 12.2 Å². The van der Waals surface area contributed by atoms with Crippen LogP contribution in [-0.4, -0.2) is 71.4 Å². The lowest BCUT2D eigenvalue weighted by Crippen LogP contribution is -2.58. The lowest BCUT2D eigenvalue weighted by atomic mass is 9.85. The van der Waals surface area contributed by atoms with E-state index >= 15 is 0 Å². The van der Waals surface area contributed by atoms with Crippen LogP contribution >= 0.6 is 0 Å². The van der Waals surface area contributed by atoms with Gasteiger partial charge in [0.2, 0.25) is 5.91 Å². The summed E-state index contributed by atoms with van der Waals surface area (Å²) in [5.41, 5.74) is -0.434. The zero-order chi connectivity index (χ0) is 29.9. The number of carbonyl (C=O) groups excluding carboxylic acids is 3. The highest BCUT2D eigenvalue weighted by molar-refractivity contribution is 5.97. The maximum absolute atomic E-state index is 14.0. The molecule has 5 rings (SSSR count). The van der Waals surface area contributed by atoms with Gasteiger partial charge < -0.3 is 24.9 Å². The number of urea groups is 1. The highest BCUT2D eigenvalue weighted by Gasteiger charge is 2.54. The van der Waals surface area contributed by atoms with Crippen LogP contribution in [0.1, 0.15) is 24.0 Å². The molecule has 2 fully saturated rings. The molecule has 0 aliphatic carbocycles. The van der Waals surface area contributed by atoms with Crippen molar-refractivity contribution in [3.05, 3.63) is 96.1 Å². The fourth-order valence-electron chi connectivity index (χ4n) is 5.67. The van der Waals surface area contributed by atoms with E-state index in [1.165, 1.54) is 23.1 Å². The number of alkyl halides is 3. The molecular weight excluding hydrogens is 547 g/mol. The van der Waals surface area contributed by atoms with E-state index in [-0.39, 0.29) is 56.6 Å². The Morgan fingerprint density at radius 2 is 1.50 bits per heavy atom. The summed E-state index contributed by atoms with van der Waals surface area (Å²) in [6.07, 6.45) is -4.09. The van der Waals surface area contributed by atoms with Crippen molar-refractivity contribution in [2.75, 3.05) is 43.6 Å². The van der Waals surface area contributed by atoms with Crippen molar-refractivity contribution in [3.63, 3.8) is 0 Å². The summed E-state index contributed by atoms with van der Waals surface area (Å²) in [6.45, 7) is 0.844. The second-order valence-corrected chi connectivity index (χ2v) is 10.6. The van der Waals surface area contributed by atoms with Crippen LogP contribution in [0.5, 0.6) is 0 Å². The first-order chi connectivity index (χ1) is 20.1. The summed E-state index contributed by atoms with van der Waals surface area (Å²) in [5.74, 6) is -0.396. The van der Waals surface area contributed by atoms with Crippen LogP contribution in [-0.2, 0) is 22.3 Å². The Bertz CT molecular complexity index is 1430. The Balaban J connectivity index is 1.30. The first-order valence-electron chi connectivity index (χ1n) is 13.7. The molecule has 0 unspecified atom stereocenters. The first-order valence-corrected chi connectivity index (χ1v) is 13.7. The molecule has 0 atom stereocenters. The van der Waals surface area contributed by atoms with Gasteiger partial charge in [0, 0.05) is 32.4 Å². The average molecular weight is 580 g/mol. The van der Waals surface area contributed by atoms with E-state index in [0.717, 1.165) is 17.3 Å². The minimum Gasteiger partial charge on any atom is -0.340 e. The molecule has 2 saturated heterocycles. The number of rotatable bonds is 6. The molecule has 0 saturated carbocycles. The summed E-state index contributed by atoms with van der Waals surface area (Å²) in [5, 5.41) is 2.40. The van der Waals surface area contributed by atoms with Crippen molar-refractivity contribution < 1.29 is 27.6 Å². The predicted octanol–water partition coefficient (Wildman–Crippen LogP) is 5.04. The molecule has 3 aromatic rings. The van der Waals surface area contributed by atoms with E-state index in [9.17, 15) is 27.6 Å². The largest absolute Gasteiger partial charge is 0.418 e. The minimum atomic E-state index is -4.61. The Kier molecular flexibility index (Phi) is 8.11. The predicted molar refractivity (Wildman–Crippen MR) is 152 cm³/mol. The number of benzene rings is 3. The second kappa shape index (κ2) is 11.8. The fourth-order valence-corrected chi connectivity index (χ4v) is 5.67. The topological polar surface area (TPSA) is 76.2 Å². The van der Waals surface area contributed by atoms with Crippen LogP contribution in [0, 0.1) is 0 Å². The number of amides is 4. The number of nitrogens with zero attached hydrogens (tertiary/aromatic N) is 4. The number of hydrogen-bond acceptors (Lipinski definition) is 4.